The number of hydrogen-bond acceptors (Lipinski definition) is 5. The summed E-state index contributed by atoms with van der Waals surface area (Å²) >= 11 is 0. The largest absolute Gasteiger partial charge is 0.490 e. The van der Waals surface area contributed by atoms with E-state index in [1.165, 1.54) is 6.07 Å². The number of benzene rings is 2. The molecule has 1 aliphatic rings. The summed E-state index contributed by atoms with van der Waals surface area (Å²) in [4.78, 5) is 23.5. The van der Waals surface area contributed by atoms with Gasteiger partial charge in [-0.2, -0.15) is 0 Å². The Morgan fingerprint density at radius 3 is 2.68 bits per heavy atom. The van der Waals surface area contributed by atoms with Gasteiger partial charge in [-0.15, -0.1) is 0 Å². The van der Waals surface area contributed by atoms with Crippen LogP contribution in [-0.4, -0.2) is 36.8 Å². The van der Waals surface area contributed by atoms with Crippen molar-refractivity contribution >= 4 is 11.9 Å². The maximum atomic E-state index is 12.7. The Hall–Kier alpha value is -3.22. The second-order valence-electron chi connectivity index (χ2n) is 6.54. The van der Waals surface area contributed by atoms with E-state index in [-0.39, 0.29) is 17.7 Å². The number of rotatable bonds is 7. The Labute approximate surface area is 163 Å². The molecule has 7 heteroatoms. The Kier molecular flexibility index (Phi) is 5.73. The van der Waals surface area contributed by atoms with E-state index < -0.39 is 12.6 Å². The van der Waals surface area contributed by atoms with Gasteiger partial charge in [-0.1, -0.05) is 12.1 Å². The number of nitrogens with one attached hydrogen (secondary N) is 1. The quantitative estimate of drug-likeness (QED) is 0.761. The van der Waals surface area contributed by atoms with E-state index in [2.05, 4.69) is 5.32 Å². The first-order chi connectivity index (χ1) is 13.4. The zero-order valence-corrected chi connectivity index (χ0v) is 16.1. The molecule has 2 aromatic rings. The summed E-state index contributed by atoms with van der Waals surface area (Å²) in [7, 11) is 0. The molecule has 0 radical (unpaired) electrons. The average molecular weight is 385 g/mol. The molecule has 0 fully saturated rings. The van der Waals surface area contributed by atoms with E-state index in [1.54, 1.807) is 19.1 Å². The number of aryl methyl sites for hydroxylation is 1. The Morgan fingerprint density at radius 2 is 1.96 bits per heavy atom. The van der Waals surface area contributed by atoms with Crippen molar-refractivity contribution in [3.05, 3.63) is 52.6 Å². The highest BCUT2D eigenvalue weighted by Crippen LogP contribution is 2.37. The smallest absolute Gasteiger partial charge is 0.341 e. The van der Waals surface area contributed by atoms with Crippen molar-refractivity contribution in [3.8, 4) is 17.2 Å². The molecule has 1 amide bonds. The van der Waals surface area contributed by atoms with Crippen LogP contribution in [0, 0.1) is 13.8 Å². The molecule has 1 atom stereocenters. The van der Waals surface area contributed by atoms with Gasteiger partial charge < -0.3 is 24.6 Å². The fraction of sp³-hybridized carbons (Fsp3) is 0.333. The lowest BCUT2D eigenvalue weighted by molar-refractivity contribution is -0.139. The molecule has 3 rings (SSSR count). The van der Waals surface area contributed by atoms with E-state index in [0.717, 1.165) is 22.4 Å². The molecule has 2 aromatic carbocycles. The van der Waals surface area contributed by atoms with Crippen molar-refractivity contribution in [3.63, 3.8) is 0 Å². The van der Waals surface area contributed by atoms with Gasteiger partial charge in [0.05, 0.1) is 12.6 Å². The number of carboxylic acids is 1. The number of carbonyl (C=O) groups excluding carboxylic acids is 1. The normalized spacial score (nSPS) is 14.8. The maximum Gasteiger partial charge on any atom is 0.341 e. The second-order valence-corrected chi connectivity index (χ2v) is 6.54. The minimum absolute atomic E-state index is 0.236. The summed E-state index contributed by atoms with van der Waals surface area (Å²) in [6.07, 6.45) is 0. The molecule has 1 heterocycles. The number of amides is 1. The van der Waals surface area contributed by atoms with E-state index in [0.29, 0.717) is 24.5 Å². The van der Waals surface area contributed by atoms with Crippen LogP contribution in [0.1, 0.15) is 40.0 Å². The van der Waals surface area contributed by atoms with Gasteiger partial charge in [0.1, 0.15) is 12.4 Å². The monoisotopic (exact) mass is 385 g/mol. The predicted molar refractivity (Wildman–Crippen MR) is 102 cm³/mol. The molecule has 0 saturated carbocycles. The molecule has 0 spiro atoms. The minimum atomic E-state index is -1.09. The summed E-state index contributed by atoms with van der Waals surface area (Å²) in [6.45, 7) is 6.07. The summed E-state index contributed by atoms with van der Waals surface area (Å²) < 4.78 is 16.5. The van der Waals surface area contributed by atoms with Gasteiger partial charge in [0.25, 0.3) is 5.91 Å². The molecule has 2 N–H and O–H groups in total. The lowest BCUT2D eigenvalue weighted by Crippen LogP contribution is -2.29. The maximum absolute atomic E-state index is 12.7. The number of fused-ring (bicyclic) bond motifs is 1. The lowest BCUT2D eigenvalue weighted by Gasteiger charge is -2.15. The third kappa shape index (κ3) is 4.03. The van der Waals surface area contributed by atoms with Gasteiger partial charge in [-0.05, 0) is 50.1 Å². The first-order valence-electron chi connectivity index (χ1n) is 9.06. The van der Waals surface area contributed by atoms with E-state index in [9.17, 15) is 9.59 Å². The van der Waals surface area contributed by atoms with Gasteiger partial charge in [-0.25, -0.2) is 4.79 Å². The first kappa shape index (κ1) is 19.5. The topological polar surface area (TPSA) is 94.1 Å². The standard InChI is InChI=1S/C21H23NO6/c1-4-26-18-9-14(6-8-17(18)27-11-19(23)24)21(25)22-16-10-28-20-13(3)12(2)5-7-15(16)20/h5-9,16H,4,10-11H2,1-3H3,(H,22,25)(H,23,24). The molecular formula is C21H23NO6. The van der Waals surface area contributed by atoms with Crippen LogP contribution in [0.5, 0.6) is 17.2 Å². The Bertz CT molecular complexity index is 908. The van der Waals surface area contributed by atoms with Crippen LogP contribution in [0.2, 0.25) is 0 Å². The average Bonchev–Trinajstić information content (AvgIpc) is 3.07. The first-order valence-corrected chi connectivity index (χ1v) is 9.06. The lowest BCUT2D eigenvalue weighted by atomic mass is 10.0. The Morgan fingerprint density at radius 1 is 1.18 bits per heavy atom. The molecule has 0 bridgehead atoms. The molecule has 7 nitrogen and oxygen atoms in total. The number of aliphatic carboxylic acids is 1. The molecule has 28 heavy (non-hydrogen) atoms. The molecule has 0 aromatic heterocycles. The van der Waals surface area contributed by atoms with Crippen molar-refractivity contribution in [1.29, 1.82) is 0 Å². The van der Waals surface area contributed by atoms with Gasteiger partial charge >= 0.3 is 5.97 Å². The fourth-order valence-corrected chi connectivity index (χ4v) is 3.07. The zero-order chi connectivity index (χ0) is 20.3. The third-order valence-corrected chi connectivity index (χ3v) is 4.64. The number of carbonyl (C=O) groups is 2. The van der Waals surface area contributed by atoms with Crippen molar-refractivity contribution in [2.24, 2.45) is 0 Å². The minimum Gasteiger partial charge on any atom is -0.490 e. The van der Waals surface area contributed by atoms with Crippen LogP contribution in [0.15, 0.2) is 30.3 Å². The van der Waals surface area contributed by atoms with E-state index >= 15 is 0 Å². The molecule has 1 aliphatic heterocycles. The van der Waals surface area contributed by atoms with E-state index in [1.807, 2.05) is 26.0 Å². The molecule has 0 saturated heterocycles. The van der Waals surface area contributed by atoms with Crippen molar-refractivity contribution in [2.45, 2.75) is 26.8 Å². The number of carboxylic acid groups (broad SMARTS) is 1. The molecule has 148 valence electrons. The second kappa shape index (κ2) is 8.21. The van der Waals surface area contributed by atoms with Crippen LogP contribution in [0.25, 0.3) is 0 Å². The number of ether oxygens (including phenoxy) is 3. The van der Waals surface area contributed by atoms with Crippen LogP contribution in [0.3, 0.4) is 0 Å². The highest BCUT2D eigenvalue weighted by molar-refractivity contribution is 5.95. The summed E-state index contributed by atoms with van der Waals surface area (Å²) in [5.74, 6) is 0.0743. The summed E-state index contributed by atoms with van der Waals surface area (Å²) in [5.41, 5.74) is 3.57. The molecule has 1 unspecified atom stereocenters. The molecule has 0 aliphatic carbocycles. The molecular weight excluding hydrogens is 362 g/mol. The fourth-order valence-electron chi connectivity index (χ4n) is 3.07. The van der Waals surface area contributed by atoms with Gasteiger partial charge in [0.2, 0.25) is 0 Å². The zero-order valence-electron chi connectivity index (χ0n) is 16.1. The van der Waals surface area contributed by atoms with Crippen LogP contribution in [-0.2, 0) is 4.79 Å². The van der Waals surface area contributed by atoms with E-state index in [4.69, 9.17) is 19.3 Å². The number of hydrogen-bond donors (Lipinski definition) is 2. The SMILES string of the molecule is CCOc1cc(C(=O)NC2COc3c2ccc(C)c3C)ccc1OCC(=O)O. The van der Waals surface area contributed by atoms with Gasteiger partial charge in [0, 0.05) is 11.1 Å². The van der Waals surface area contributed by atoms with Crippen molar-refractivity contribution in [2.75, 3.05) is 19.8 Å². The van der Waals surface area contributed by atoms with Crippen LogP contribution >= 0.6 is 0 Å². The van der Waals surface area contributed by atoms with Crippen molar-refractivity contribution < 1.29 is 28.9 Å². The van der Waals surface area contributed by atoms with Gasteiger partial charge in [0.15, 0.2) is 18.1 Å². The summed E-state index contributed by atoms with van der Waals surface area (Å²) in [5, 5.41) is 11.8. The van der Waals surface area contributed by atoms with Gasteiger partial charge in [-0.3, -0.25) is 4.79 Å². The van der Waals surface area contributed by atoms with Crippen molar-refractivity contribution in [1.82, 2.24) is 5.32 Å². The van der Waals surface area contributed by atoms with Crippen LogP contribution in [0.4, 0.5) is 0 Å². The predicted octanol–water partition coefficient (Wildman–Crippen LogP) is 3.03. The Balaban J connectivity index is 1.77. The van der Waals surface area contributed by atoms with Crippen LogP contribution < -0.4 is 19.5 Å². The third-order valence-electron chi connectivity index (χ3n) is 4.64. The highest BCUT2D eigenvalue weighted by Gasteiger charge is 2.28. The highest BCUT2D eigenvalue weighted by atomic mass is 16.5. The summed E-state index contributed by atoms with van der Waals surface area (Å²) in [6, 6.07) is 8.42.